The standard InChI is InChI=1S/C27H22N.C23H14N.C11H20O2.C5H8O2.2Ir/c1-27(2,3)22-11-13-23-20(17-22)10-12-25-24(23)14-15-28-26(25)21-9-8-18-6-4-5-7-19(18)16-21;1-2-7-18-15-19(10-9-16(18)5-1)23-22-12-11-17-6-3-4-8-20(17)21(22)13-14-24-23;1-10(2,3)8(12)7-9(13)11(4,5)6;1-4(6)3-5(2)7;;/h4-8,10-17H,1-3H3;1-9,11-15H;7,12H,1-6H3;3,6H,1-2H3;;/q2*-1;;;;/p+2. The van der Waals surface area contributed by atoms with Crippen molar-refractivity contribution in [3.63, 3.8) is 0 Å². The predicted octanol–water partition coefficient (Wildman–Crippen LogP) is 17.4. The summed E-state index contributed by atoms with van der Waals surface area (Å²) in [5, 5.41) is 32.7. The molecule has 8 heteroatoms. The zero-order chi connectivity index (χ0) is 52.0. The van der Waals surface area contributed by atoms with Crippen LogP contribution in [0.1, 0.15) is 81.7 Å². The SMILES string of the molecule is CC(=[OH+])C=C(C)O.CC(C)(C)C(=[OH+])C=C(O)C(C)(C)C.CC(C)(C)c1ccc2c(ccc3c(-c4[c-]cc5ccccc5c4)nccc32)c1.[Ir].[Ir].[c-]1cc2ccccc2cc1-c1nccc2c1ccc1ccccc12. The Labute approximate surface area is 463 Å². The molecule has 6 nitrogen and oxygen atoms in total. The van der Waals surface area contributed by atoms with Crippen molar-refractivity contribution in [3.8, 4) is 22.5 Å². The van der Waals surface area contributed by atoms with Gasteiger partial charge in [0.1, 0.15) is 5.76 Å². The van der Waals surface area contributed by atoms with Crippen LogP contribution >= 0.6 is 0 Å². The topological polar surface area (TPSA) is 109 Å². The van der Waals surface area contributed by atoms with Crippen molar-refractivity contribution in [2.75, 3.05) is 0 Å². The second-order valence-corrected chi connectivity index (χ2v) is 21.3. The van der Waals surface area contributed by atoms with Gasteiger partial charge in [0.2, 0.25) is 0 Å². The third-order valence-electron chi connectivity index (χ3n) is 12.4. The molecule has 2 aromatic heterocycles. The van der Waals surface area contributed by atoms with E-state index < -0.39 is 0 Å². The molecule has 8 aromatic carbocycles. The molecule has 0 aliphatic carbocycles. The second-order valence-electron chi connectivity index (χ2n) is 21.3. The fourth-order valence-electron chi connectivity index (χ4n) is 8.22. The van der Waals surface area contributed by atoms with Gasteiger partial charge in [-0.3, -0.25) is 9.59 Å². The van der Waals surface area contributed by atoms with Gasteiger partial charge in [-0.1, -0.05) is 168 Å². The predicted molar refractivity (Wildman–Crippen MR) is 306 cm³/mol. The Bertz CT molecular complexity index is 3680. The number of aliphatic hydroxyl groups is 2. The van der Waals surface area contributed by atoms with Gasteiger partial charge in [-0.2, -0.15) is 0 Å². The summed E-state index contributed by atoms with van der Waals surface area (Å²) >= 11 is 0. The van der Waals surface area contributed by atoms with Crippen molar-refractivity contribution < 1.29 is 60.0 Å². The number of aliphatic hydroxyl groups excluding tert-OH is 2. The van der Waals surface area contributed by atoms with Gasteiger partial charge in [0.15, 0.2) is 0 Å². The van der Waals surface area contributed by atoms with Gasteiger partial charge < -0.3 is 20.2 Å². The minimum atomic E-state index is -0.306. The molecule has 74 heavy (non-hydrogen) atoms. The van der Waals surface area contributed by atoms with Gasteiger partial charge in [0.05, 0.1) is 30.2 Å². The summed E-state index contributed by atoms with van der Waals surface area (Å²) in [7, 11) is 0. The van der Waals surface area contributed by atoms with E-state index in [1.807, 2.05) is 60.0 Å². The first-order valence-electron chi connectivity index (χ1n) is 24.4. The molecule has 10 aromatic rings. The Morgan fingerprint density at radius 1 is 0.459 bits per heavy atom. The van der Waals surface area contributed by atoms with Crippen molar-refractivity contribution >= 4 is 76.2 Å². The summed E-state index contributed by atoms with van der Waals surface area (Å²) in [6, 6.07) is 60.4. The van der Waals surface area contributed by atoms with Crippen molar-refractivity contribution in [2.24, 2.45) is 10.8 Å². The third kappa shape index (κ3) is 14.3. The van der Waals surface area contributed by atoms with Crippen LogP contribution in [0.3, 0.4) is 0 Å². The number of fused-ring (bicyclic) bond motifs is 8. The molecule has 0 saturated heterocycles. The molecular formula is C66H66Ir2N2O4. The summed E-state index contributed by atoms with van der Waals surface area (Å²) in [4.78, 5) is 27.4. The molecule has 2 radical (unpaired) electrons. The molecule has 4 N–H and O–H groups in total. The fraction of sp³-hybridized carbons (Fsp3) is 0.212. The summed E-state index contributed by atoms with van der Waals surface area (Å²) in [6.07, 6.45) is 6.53. The quantitative estimate of drug-likeness (QED) is 0.0601. The van der Waals surface area contributed by atoms with Crippen molar-refractivity contribution in [3.05, 3.63) is 205 Å². The molecule has 0 fully saturated rings. The monoisotopic (exact) mass is 1340 g/mol. The van der Waals surface area contributed by atoms with Gasteiger partial charge >= 0.3 is 11.6 Å². The average Bonchev–Trinajstić information content (AvgIpc) is 3.34. The molecule has 0 amide bonds. The number of hydrogen-bond acceptors (Lipinski definition) is 4. The number of carbonyl (C=O) groups excluding carboxylic acids is 2. The molecule has 0 aliphatic rings. The van der Waals surface area contributed by atoms with Crippen molar-refractivity contribution in [1.29, 1.82) is 0 Å². The van der Waals surface area contributed by atoms with E-state index in [9.17, 15) is 9.90 Å². The Balaban J connectivity index is 0.000000200. The minimum Gasteiger partial charge on any atom is -0.512 e. The maximum absolute atomic E-state index is 9.60. The van der Waals surface area contributed by atoms with Crippen molar-refractivity contribution in [1.82, 2.24) is 9.97 Å². The van der Waals surface area contributed by atoms with Gasteiger partial charge in [-0.25, -0.2) is 0 Å². The normalized spacial score (nSPS) is 11.9. The number of rotatable bonds is 4. The maximum Gasteiger partial charge on any atom is 0.325 e. The second kappa shape index (κ2) is 24.6. The third-order valence-corrected chi connectivity index (χ3v) is 12.4. The van der Waals surface area contributed by atoms with E-state index in [4.69, 9.17) is 14.9 Å². The smallest absolute Gasteiger partial charge is 0.325 e. The summed E-state index contributed by atoms with van der Waals surface area (Å²) in [5.74, 6) is 0.667. The first kappa shape index (κ1) is 58.2. The first-order chi connectivity index (χ1) is 34.1. The van der Waals surface area contributed by atoms with Gasteiger partial charge in [-0.05, 0) is 105 Å². The zero-order valence-corrected chi connectivity index (χ0v) is 48.9. The van der Waals surface area contributed by atoms with Crippen LogP contribution in [0.25, 0.3) is 87.1 Å². The summed E-state index contributed by atoms with van der Waals surface area (Å²) in [6.45, 7) is 21.2. The Kier molecular flexibility index (Phi) is 19.3. The number of nitrogens with zero attached hydrogens (tertiary/aromatic N) is 2. The van der Waals surface area contributed by atoms with Crippen LogP contribution in [0.5, 0.6) is 0 Å². The number of aromatic nitrogens is 2. The molecule has 0 spiro atoms. The van der Waals surface area contributed by atoms with Gasteiger partial charge in [-0.15, -0.1) is 58.3 Å². The summed E-state index contributed by atoms with van der Waals surface area (Å²) < 4.78 is 0. The number of pyridine rings is 2. The van der Waals surface area contributed by atoms with Crippen LogP contribution in [0.15, 0.2) is 188 Å². The number of ketones is 2. The van der Waals surface area contributed by atoms with E-state index >= 15 is 0 Å². The van der Waals surface area contributed by atoms with Crippen LogP contribution in [0.2, 0.25) is 0 Å². The van der Waals surface area contributed by atoms with Crippen LogP contribution in [-0.4, -0.2) is 41.3 Å². The molecule has 0 saturated carbocycles. The number of benzene rings is 8. The van der Waals surface area contributed by atoms with Crippen LogP contribution in [0.4, 0.5) is 0 Å². The Morgan fingerprint density at radius 2 is 0.892 bits per heavy atom. The molecule has 382 valence electrons. The Hall–Kier alpha value is -6.66. The van der Waals surface area contributed by atoms with Gasteiger partial charge in [0, 0.05) is 58.0 Å². The van der Waals surface area contributed by atoms with E-state index in [1.54, 1.807) is 0 Å². The molecule has 0 aliphatic heterocycles. The van der Waals surface area contributed by atoms with E-state index in [2.05, 4.69) is 183 Å². The largest absolute Gasteiger partial charge is 0.512 e. The van der Waals surface area contributed by atoms with Crippen LogP contribution < -0.4 is 0 Å². The average molecular weight is 1340 g/mol. The fourth-order valence-corrected chi connectivity index (χ4v) is 8.22. The molecule has 10 rings (SSSR count). The molecule has 0 bridgehead atoms. The van der Waals surface area contributed by atoms with Crippen LogP contribution in [-0.2, 0) is 45.6 Å². The van der Waals surface area contributed by atoms with Crippen LogP contribution in [0, 0.1) is 23.0 Å². The number of allylic oxidation sites excluding steroid dienone is 4. The van der Waals surface area contributed by atoms with Gasteiger partial charge in [0.25, 0.3) is 0 Å². The molecule has 2 heterocycles. The molecule has 0 unspecified atom stereocenters. The Morgan fingerprint density at radius 3 is 1.32 bits per heavy atom. The minimum absolute atomic E-state index is 0. The molecule has 0 atom stereocenters. The van der Waals surface area contributed by atoms with E-state index in [0.717, 1.165) is 22.5 Å². The van der Waals surface area contributed by atoms with E-state index in [1.165, 1.54) is 96.2 Å². The van der Waals surface area contributed by atoms with E-state index in [-0.39, 0.29) is 79.5 Å². The zero-order valence-electron chi connectivity index (χ0n) is 44.1. The maximum atomic E-state index is 9.60. The number of hydrogen-bond donors (Lipinski definition) is 2. The summed E-state index contributed by atoms with van der Waals surface area (Å²) in [5.41, 5.74) is 4.94. The first-order valence-corrected chi connectivity index (χ1v) is 24.4. The molecular weight excluding hydrogens is 1270 g/mol. The van der Waals surface area contributed by atoms with E-state index in [0.29, 0.717) is 0 Å². The van der Waals surface area contributed by atoms with Crippen molar-refractivity contribution in [2.45, 2.75) is 81.6 Å².